The van der Waals surface area contributed by atoms with Crippen LogP contribution in [0.3, 0.4) is 0 Å². The molecule has 5 heteroatoms. The number of hydrogen-bond acceptors (Lipinski definition) is 3. The Bertz CT molecular complexity index is 600. The molecule has 1 aromatic carbocycles. The third-order valence-electron chi connectivity index (χ3n) is 2.80. The lowest BCUT2D eigenvalue weighted by Gasteiger charge is -2.10. The van der Waals surface area contributed by atoms with E-state index in [0.29, 0.717) is 27.8 Å². The first kappa shape index (κ1) is 13.5. The van der Waals surface area contributed by atoms with Crippen molar-refractivity contribution in [2.75, 3.05) is 12.4 Å². The van der Waals surface area contributed by atoms with Gasteiger partial charge in [-0.15, -0.1) is 0 Å². The van der Waals surface area contributed by atoms with Gasteiger partial charge >= 0.3 is 0 Å². The minimum Gasteiger partial charge on any atom is -0.495 e. The second-order valence-electron chi connectivity index (χ2n) is 4.15. The van der Waals surface area contributed by atoms with Gasteiger partial charge in [-0.3, -0.25) is 4.79 Å². The third kappa shape index (κ3) is 2.74. The van der Waals surface area contributed by atoms with Crippen molar-refractivity contribution in [2.24, 2.45) is 0 Å². The van der Waals surface area contributed by atoms with E-state index in [-0.39, 0.29) is 5.91 Å². The van der Waals surface area contributed by atoms with Crippen LogP contribution in [0.4, 0.5) is 5.69 Å². The highest BCUT2D eigenvalue weighted by atomic mass is 35.5. The standard InChI is InChI=1S/C14H14ClNO3/c1-8-7-19-9(2)13(8)14(17)16-11-6-10(15)4-5-12(11)18-3/h4-7H,1-3H3,(H,16,17). The number of anilines is 1. The molecule has 0 aliphatic rings. The molecule has 100 valence electrons. The van der Waals surface area contributed by atoms with Gasteiger partial charge in [-0.1, -0.05) is 11.6 Å². The van der Waals surface area contributed by atoms with E-state index in [1.165, 1.54) is 7.11 Å². The smallest absolute Gasteiger partial charge is 0.259 e. The summed E-state index contributed by atoms with van der Waals surface area (Å²) in [7, 11) is 1.53. The highest BCUT2D eigenvalue weighted by Gasteiger charge is 2.17. The summed E-state index contributed by atoms with van der Waals surface area (Å²) in [6.45, 7) is 3.57. The van der Waals surface area contributed by atoms with E-state index in [1.54, 1.807) is 31.4 Å². The predicted octanol–water partition coefficient (Wildman–Crippen LogP) is 3.81. The summed E-state index contributed by atoms with van der Waals surface area (Å²) in [6.07, 6.45) is 1.56. The quantitative estimate of drug-likeness (QED) is 0.929. The van der Waals surface area contributed by atoms with Gasteiger partial charge in [0.2, 0.25) is 0 Å². The van der Waals surface area contributed by atoms with Crippen LogP contribution in [0.25, 0.3) is 0 Å². The molecule has 4 nitrogen and oxygen atoms in total. The van der Waals surface area contributed by atoms with Gasteiger partial charge in [-0.25, -0.2) is 0 Å². The molecule has 19 heavy (non-hydrogen) atoms. The molecule has 1 amide bonds. The van der Waals surface area contributed by atoms with Crippen LogP contribution < -0.4 is 10.1 Å². The molecule has 1 N–H and O–H groups in total. The number of carbonyl (C=O) groups excluding carboxylic acids is 1. The van der Waals surface area contributed by atoms with Crippen LogP contribution in [0.5, 0.6) is 5.75 Å². The molecule has 0 unspecified atom stereocenters. The van der Waals surface area contributed by atoms with Crippen molar-refractivity contribution >= 4 is 23.2 Å². The van der Waals surface area contributed by atoms with Gasteiger partial charge in [0.25, 0.3) is 5.91 Å². The average Bonchev–Trinajstić information content (AvgIpc) is 2.69. The SMILES string of the molecule is COc1ccc(Cl)cc1NC(=O)c1c(C)coc1C. The predicted molar refractivity (Wildman–Crippen MR) is 74.1 cm³/mol. The maximum absolute atomic E-state index is 12.2. The van der Waals surface area contributed by atoms with Gasteiger partial charge < -0.3 is 14.5 Å². The molecule has 2 rings (SSSR count). The van der Waals surface area contributed by atoms with Crippen LogP contribution in [-0.2, 0) is 0 Å². The van der Waals surface area contributed by atoms with E-state index in [2.05, 4.69) is 5.32 Å². The number of aryl methyl sites for hydroxylation is 2. The first-order valence-corrected chi connectivity index (χ1v) is 6.10. The maximum atomic E-state index is 12.2. The highest BCUT2D eigenvalue weighted by molar-refractivity contribution is 6.31. The van der Waals surface area contributed by atoms with Crippen LogP contribution in [-0.4, -0.2) is 13.0 Å². The number of ether oxygens (including phenoxy) is 1. The summed E-state index contributed by atoms with van der Waals surface area (Å²) in [5.41, 5.74) is 1.85. The normalized spacial score (nSPS) is 10.3. The van der Waals surface area contributed by atoms with Crippen LogP contribution in [0, 0.1) is 13.8 Å². The number of carbonyl (C=O) groups is 1. The molecule has 0 atom stereocenters. The molecule has 0 saturated heterocycles. The molecule has 0 bridgehead atoms. The minimum absolute atomic E-state index is 0.246. The molecule has 1 aromatic heterocycles. The van der Waals surface area contributed by atoms with Gasteiger partial charge in [0.15, 0.2) is 0 Å². The summed E-state index contributed by atoms with van der Waals surface area (Å²) in [5.74, 6) is 0.886. The topological polar surface area (TPSA) is 51.5 Å². The fourth-order valence-electron chi connectivity index (χ4n) is 1.87. The zero-order valence-corrected chi connectivity index (χ0v) is 11.7. The number of nitrogens with one attached hydrogen (secondary N) is 1. The molecule has 0 fully saturated rings. The minimum atomic E-state index is -0.246. The fourth-order valence-corrected chi connectivity index (χ4v) is 2.05. The Balaban J connectivity index is 2.31. The van der Waals surface area contributed by atoms with Crippen molar-refractivity contribution in [3.63, 3.8) is 0 Å². The molecular formula is C14H14ClNO3. The van der Waals surface area contributed by atoms with Gasteiger partial charge in [0, 0.05) is 10.6 Å². The van der Waals surface area contributed by atoms with Crippen molar-refractivity contribution in [1.29, 1.82) is 0 Å². The van der Waals surface area contributed by atoms with E-state index in [0.717, 1.165) is 5.56 Å². The largest absolute Gasteiger partial charge is 0.495 e. The first-order valence-electron chi connectivity index (χ1n) is 5.72. The molecule has 0 radical (unpaired) electrons. The Hall–Kier alpha value is -1.94. The van der Waals surface area contributed by atoms with Crippen molar-refractivity contribution in [2.45, 2.75) is 13.8 Å². The van der Waals surface area contributed by atoms with Crippen LogP contribution in [0.15, 0.2) is 28.9 Å². The molecule has 1 heterocycles. The van der Waals surface area contributed by atoms with Crippen molar-refractivity contribution < 1.29 is 13.9 Å². The lowest BCUT2D eigenvalue weighted by Crippen LogP contribution is -2.14. The monoisotopic (exact) mass is 279 g/mol. The van der Waals surface area contributed by atoms with Crippen LogP contribution >= 0.6 is 11.6 Å². The molecule has 0 aliphatic carbocycles. The zero-order valence-electron chi connectivity index (χ0n) is 10.9. The van der Waals surface area contributed by atoms with Gasteiger partial charge in [-0.2, -0.15) is 0 Å². The maximum Gasteiger partial charge on any atom is 0.259 e. The highest BCUT2D eigenvalue weighted by Crippen LogP contribution is 2.28. The number of benzene rings is 1. The number of furan rings is 1. The summed E-state index contributed by atoms with van der Waals surface area (Å²) in [6, 6.07) is 5.04. The molecule has 0 spiro atoms. The van der Waals surface area contributed by atoms with E-state index in [4.69, 9.17) is 20.8 Å². The Labute approximate surface area is 116 Å². The molecule has 2 aromatic rings. The Morgan fingerprint density at radius 3 is 2.68 bits per heavy atom. The molecule has 0 saturated carbocycles. The van der Waals surface area contributed by atoms with Gasteiger partial charge in [-0.05, 0) is 32.0 Å². The Kier molecular flexibility index (Phi) is 3.81. The third-order valence-corrected chi connectivity index (χ3v) is 3.03. The lowest BCUT2D eigenvalue weighted by atomic mass is 10.1. The average molecular weight is 280 g/mol. The second kappa shape index (κ2) is 5.36. The number of methoxy groups -OCH3 is 1. The van der Waals surface area contributed by atoms with E-state index >= 15 is 0 Å². The summed E-state index contributed by atoms with van der Waals surface area (Å²) in [4.78, 5) is 12.2. The van der Waals surface area contributed by atoms with Gasteiger partial charge in [0.05, 0.1) is 24.6 Å². The van der Waals surface area contributed by atoms with Crippen molar-refractivity contribution in [3.05, 3.63) is 46.4 Å². The molecular weight excluding hydrogens is 266 g/mol. The van der Waals surface area contributed by atoms with Crippen LogP contribution in [0.2, 0.25) is 5.02 Å². The summed E-state index contributed by atoms with van der Waals surface area (Å²) >= 11 is 5.92. The first-order chi connectivity index (χ1) is 9.02. The van der Waals surface area contributed by atoms with Crippen molar-refractivity contribution in [1.82, 2.24) is 0 Å². The van der Waals surface area contributed by atoms with Crippen LogP contribution in [0.1, 0.15) is 21.7 Å². The zero-order chi connectivity index (χ0) is 14.0. The van der Waals surface area contributed by atoms with E-state index in [9.17, 15) is 4.79 Å². The number of halogens is 1. The van der Waals surface area contributed by atoms with E-state index in [1.807, 2.05) is 6.92 Å². The molecule has 0 aliphatic heterocycles. The van der Waals surface area contributed by atoms with E-state index < -0.39 is 0 Å². The summed E-state index contributed by atoms with van der Waals surface area (Å²) < 4.78 is 10.4. The Morgan fingerprint density at radius 2 is 2.11 bits per heavy atom. The lowest BCUT2D eigenvalue weighted by molar-refractivity contribution is 0.102. The number of hydrogen-bond donors (Lipinski definition) is 1. The summed E-state index contributed by atoms with van der Waals surface area (Å²) in [5, 5.41) is 3.30. The number of rotatable bonds is 3. The number of amides is 1. The van der Waals surface area contributed by atoms with Crippen molar-refractivity contribution in [3.8, 4) is 5.75 Å². The Morgan fingerprint density at radius 1 is 1.37 bits per heavy atom. The fraction of sp³-hybridized carbons (Fsp3) is 0.214. The van der Waals surface area contributed by atoms with Gasteiger partial charge in [0.1, 0.15) is 11.5 Å². The second-order valence-corrected chi connectivity index (χ2v) is 4.59.